The summed E-state index contributed by atoms with van der Waals surface area (Å²) >= 11 is 0. The number of rotatable bonds is 6. The van der Waals surface area contributed by atoms with Gasteiger partial charge in [0.15, 0.2) is 5.82 Å². The SMILES string of the molecule is [2H]c1c([2H])c([2H])c2c(c1[2H])c1c([2H])c([2H])c([2H])c([2H])c1n2-c1nc(-c2ccc(-c3ccc(-c4cccc(-c5ccccc5)c4)cc3)cc2)nc(-n2c3c([2H])c([2H])c([2H])c([2H])c3c3c([2H])c([2H])c([2H])c([2H])c32)n1. The van der Waals surface area contributed by atoms with E-state index in [-0.39, 0.29) is 49.4 Å². The van der Waals surface area contributed by atoms with Crippen molar-refractivity contribution in [2.75, 3.05) is 0 Å². The zero-order valence-corrected chi connectivity index (χ0v) is 29.1. The monoisotopic (exact) mass is 731 g/mol. The molecule has 0 N–H and O–H groups in total. The molecule has 5 nitrogen and oxygen atoms in total. The molecule has 0 spiro atoms. The molecular weight excluding hydrogens is 683 g/mol. The van der Waals surface area contributed by atoms with Gasteiger partial charge < -0.3 is 0 Å². The van der Waals surface area contributed by atoms with Crippen LogP contribution in [0.25, 0.3) is 100 Å². The van der Waals surface area contributed by atoms with Crippen LogP contribution in [0.15, 0.2) is 200 Å². The van der Waals surface area contributed by atoms with E-state index < -0.39 is 109 Å². The van der Waals surface area contributed by atoms with Gasteiger partial charge in [-0.25, -0.2) is 0 Å². The number of aromatic nitrogens is 5. The van der Waals surface area contributed by atoms with E-state index in [9.17, 15) is 0 Å². The first-order valence-electron chi connectivity index (χ1n) is 25.6. The van der Waals surface area contributed by atoms with E-state index in [1.807, 2.05) is 66.7 Å². The lowest BCUT2D eigenvalue weighted by Crippen LogP contribution is -2.10. The van der Waals surface area contributed by atoms with Crippen molar-refractivity contribution in [3.63, 3.8) is 0 Å². The molecule has 0 radical (unpaired) electrons. The van der Waals surface area contributed by atoms with Gasteiger partial charge in [-0.1, -0.05) is 170 Å². The maximum Gasteiger partial charge on any atom is 0.240 e. The summed E-state index contributed by atoms with van der Waals surface area (Å²) in [4.78, 5) is 14.4. The molecule has 0 aliphatic rings. The van der Waals surface area contributed by atoms with Crippen LogP contribution in [0.3, 0.4) is 0 Å². The van der Waals surface area contributed by atoms with E-state index in [0.717, 1.165) is 42.5 Å². The van der Waals surface area contributed by atoms with Crippen LogP contribution in [-0.2, 0) is 0 Å². The lowest BCUT2D eigenvalue weighted by Gasteiger charge is -2.13. The third kappa shape index (κ3) is 5.29. The molecule has 0 aliphatic heterocycles. The van der Waals surface area contributed by atoms with Crippen LogP contribution in [0.4, 0.5) is 0 Å². The van der Waals surface area contributed by atoms with Gasteiger partial charge >= 0.3 is 0 Å². The Bertz CT molecular complexity index is 3820. The van der Waals surface area contributed by atoms with E-state index in [2.05, 4.69) is 24.3 Å². The minimum Gasteiger partial charge on any atom is -0.278 e. The minimum absolute atomic E-state index is 0.136. The van der Waals surface area contributed by atoms with Gasteiger partial charge in [0.25, 0.3) is 0 Å². The first-order chi connectivity index (χ1) is 34.4. The molecule has 5 heteroatoms. The fourth-order valence-corrected chi connectivity index (χ4v) is 7.10. The molecule has 56 heavy (non-hydrogen) atoms. The molecule has 11 aromatic rings. The van der Waals surface area contributed by atoms with Crippen LogP contribution in [0, 0.1) is 0 Å². The van der Waals surface area contributed by atoms with E-state index in [4.69, 9.17) is 36.9 Å². The van der Waals surface area contributed by atoms with Crippen LogP contribution < -0.4 is 0 Å². The largest absolute Gasteiger partial charge is 0.278 e. The van der Waals surface area contributed by atoms with Gasteiger partial charge in [0.05, 0.1) is 44.0 Å². The van der Waals surface area contributed by atoms with Gasteiger partial charge in [0, 0.05) is 27.1 Å². The summed E-state index contributed by atoms with van der Waals surface area (Å²) in [5, 5.41) is -1.03. The summed E-state index contributed by atoms with van der Waals surface area (Å²) in [7, 11) is 0. The second kappa shape index (κ2) is 13.0. The molecule has 8 aromatic carbocycles. The van der Waals surface area contributed by atoms with Gasteiger partial charge in [0.1, 0.15) is 0 Å². The van der Waals surface area contributed by atoms with Crippen molar-refractivity contribution in [1.82, 2.24) is 24.1 Å². The molecule has 3 heterocycles. The molecule has 0 saturated heterocycles. The van der Waals surface area contributed by atoms with Crippen molar-refractivity contribution in [2.45, 2.75) is 0 Å². The van der Waals surface area contributed by atoms with E-state index in [0.29, 0.717) is 5.56 Å². The fourth-order valence-electron chi connectivity index (χ4n) is 7.10. The summed E-state index contributed by atoms with van der Waals surface area (Å²) < 4.78 is 144. The third-order valence-corrected chi connectivity index (χ3v) is 9.74. The zero-order chi connectivity index (χ0) is 50.9. The quantitative estimate of drug-likeness (QED) is 0.171. The van der Waals surface area contributed by atoms with Crippen LogP contribution in [0.2, 0.25) is 0 Å². The van der Waals surface area contributed by atoms with Gasteiger partial charge in [-0.05, 0) is 63.6 Å². The molecule has 3 aromatic heterocycles. The smallest absolute Gasteiger partial charge is 0.240 e. The fraction of sp³-hybridized carbons (Fsp3) is 0. The predicted molar refractivity (Wildman–Crippen MR) is 230 cm³/mol. The maximum atomic E-state index is 9.15. The minimum atomic E-state index is -0.694. The second-order valence-corrected chi connectivity index (χ2v) is 12.9. The van der Waals surface area contributed by atoms with Crippen molar-refractivity contribution in [3.8, 4) is 56.7 Å². The van der Waals surface area contributed by atoms with Crippen molar-refractivity contribution < 1.29 is 21.9 Å². The molecular formula is C51H33N5. The highest BCUT2D eigenvalue weighted by Gasteiger charge is 2.20. The second-order valence-electron chi connectivity index (χ2n) is 12.9. The zero-order valence-electron chi connectivity index (χ0n) is 45.1. The summed E-state index contributed by atoms with van der Waals surface area (Å²) in [6.45, 7) is 0. The Labute approximate surface area is 345 Å². The molecule has 262 valence electrons. The Morgan fingerprint density at radius 2 is 0.661 bits per heavy atom. The molecule has 0 unspecified atom stereocenters. The maximum absolute atomic E-state index is 9.15. The van der Waals surface area contributed by atoms with Crippen molar-refractivity contribution in [1.29, 1.82) is 0 Å². The number of para-hydroxylation sites is 4. The average molecular weight is 732 g/mol. The number of fused-ring (bicyclic) bond motifs is 6. The van der Waals surface area contributed by atoms with Gasteiger partial charge in [-0.15, -0.1) is 0 Å². The lowest BCUT2D eigenvalue weighted by molar-refractivity contribution is 0.893. The van der Waals surface area contributed by atoms with Crippen LogP contribution in [-0.4, -0.2) is 24.1 Å². The molecule has 0 amide bonds. The van der Waals surface area contributed by atoms with Gasteiger partial charge in [0.2, 0.25) is 11.9 Å². The third-order valence-electron chi connectivity index (χ3n) is 9.74. The van der Waals surface area contributed by atoms with E-state index in [1.54, 1.807) is 12.1 Å². The van der Waals surface area contributed by atoms with Gasteiger partial charge in [-0.3, -0.25) is 9.13 Å². The summed E-state index contributed by atoms with van der Waals surface area (Å²) in [5.74, 6) is -1.06. The highest BCUT2D eigenvalue weighted by Crippen LogP contribution is 2.35. The average Bonchev–Trinajstić information content (AvgIpc) is 3.97. The van der Waals surface area contributed by atoms with Crippen LogP contribution in [0.5, 0.6) is 0 Å². The Morgan fingerprint density at radius 3 is 1.09 bits per heavy atom. The normalized spacial score (nSPS) is 15.6. The summed E-state index contributed by atoms with van der Waals surface area (Å²) in [6, 6.07) is 22.9. The van der Waals surface area contributed by atoms with Crippen molar-refractivity contribution >= 4 is 43.6 Å². The Hall–Kier alpha value is -7.63. The highest BCUT2D eigenvalue weighted by atomic mass is 15.3. The standard InChI is InChI=1S/C51H33N5/c1-2-13-34(14-3-1)39-15-12-16-40(33-39)37-27-25-35(26-28-37)36-29-31-38(32-30-36)49-52-50(55-45-21-8-4-17-41(45)42-18-5-9-22-46(42)55)54-51(53-49)56-47-23-10-6-19-43(47)44-20-7-11-24-48(44)56/h1-33H/i4D,5D,6D,7D,8D,9D,10D,11D,17D,18D,19D,20D,21D,22D,23D,24D. The highest BCUT2D eigenvalue weighted by molar-refractivity contribution is 6.10. The number of hydrogen-bond acceptors (Lipinski definition) is 3. The van der Waals surface area contributed by atoms with Gasteiger partial charge in [-0.2, -0.15) is 15.0 Å². The first-order valence-corrected chi connectivity index (χ1v) is 17.6. The Balaban J connectivity index is 1.18. The van der Waals surface area contributed by atoms with Crippen LogP contribution >= 0.6 is 0 Å². The van der Waals surface area contributed by atoms with Crippen molar-refractivity contribution in [3.05, 3.63) is 200 Å². The summed E-state index contributed by atoms with van der Waals surface area (Å²) in [5.41, 5.74) is 4.92. The van der Waals surface area contributed by atoms with E-state index >= 15 is 0 Å². The molecule has 0 bridgehead atoms. The van der Waals surface area contributed by atoms with Crippen LogP contribution in [0.1, 0.15) is 21.9 Å². The Kier molecular flexibility index (Phi) is 4.57. The first kappa shape index (κ1) is 19.6. The molecule has 0 fully saturated rings. The number of hydrogen-bond donors (Lipinski definition) is 0. The molecule has 0 aliphatic carbocycles. The Morgan fingerprint density at radius 1 is 0.321 bits per heavy atom. The molecule has 0 atom stereocenters. The molecule has 11 rings (SSSR count). The summed E-state index contributed by atoms with van der Waals surface area (Å²) in [6.07, 6.45) is 0. The predicted octanol–water partition coefficient (Wildman–Crippen LogP) is 12.7. The van der Waals surface area contributed by atoms with E-state index in [1.165, 1.54) is 0 Å². The lowest BCUT2D eigenvalue weighted by atomic mass is 9.97. The van der Waals surface area contributed by atoms with Crippen molar-refractivity contribution in [2.24, 2.45) is 0 Å². The molecule has 0 saturated carbocycles. The topological polar surface area (TPSA) is 48.5 Å². The number of nitrogens with zero attached hydrogens (tertiary/aromatic N) is 5. The number of benzene rings is 8.